The van der Waals surface area contributed by atoms with E-state index >= 15 is 0 Å². The number of ether oxygens (including phenoxy) is 3. The SMILES string of the molecule is C=C(C)C(=O)OCCOC(=O)/C=C/c1ccc(OC(C)=O)cc1. The minimum absolute atomic E-state index is 0.0254. The maximum absolute atomic E-state index is 11.5. The summed E-state index contributed by atoms with van der Waals surface area (Å²) in [7, 11) is 0. The van der Waals surface area contributed by atoms with Crippen molar-refractivity contribution in [1.82, 2.24) is 0 Å². The van der Waals surface area contributed by atoms with Crippen LogP contribution in [0, 0.1) is 0 Å². The van der Waals surface area contributed by atoms with E-state index in [0.717, 1.165) is 5.56 Å². The lowest BCUT2D eigenvalue weighted by Crippen LogP contribution is -2.12. The van der Waals surface area contributed by atoms with Crippen molar-refractivity contribution in [2.75, 3.05) is 13.2 Å². The highest BCUT2D eigenvalue weighted by Crippen LogP contribution is 2.13. The van der Waals surface area contributed by atoms with Gasteiger partial charge in [-0.2, -0.15) is 0 Å². The summed E-state index contributed by atoms with van der Waals surface area (Å²) in [5, 5.41) is 0. The summed E-state index contributed by atoms with van der Waals surface area (Å²) in [5.74, 6) is -1.05. The fourth-order valence-corrected chi connectivity index (χ4v) is 1.43. The number of hydrogen-bond donors (Lipinski definition) is 0. The predicted octanol–water partition coefficient (Wildman–Crippen LogP) is 2.29. The Labute approximate surface area is 134 Å². The Morgan fingerprint density at radius 1 is 1.04 bits per heavy atom. The summed E-state index contributed by atoms with van der Waals surface area (Å²) in [6.07, 6.45) is 2.81. The Bertz CT molecular complexity index is 612. The van der Waals surface area contributed by atoms with Crippen molar-refractivity contribution < 1.29 is 28.6 Å². The number of carbonyl (C=O) groups is 3. The van der Waals surface area contributed by atoms with Gasteiger partial charge in [-0.25, -0.2) is 9.59 Å². The molecule has 1 rings (SSSR count). The van der Waals surface area contributed by atoms with Gasteiger partial charge in [0.2, 0.25) is 0 Å². The third-order valence-corrected chi connectivity index (χ3v) is 2.46. The van der Waals surface area contributed by atoms with Gasteiger partial charge < -0.3 is 14.2 Å². The van der Waals surface area contributed by atoms with Crippen molar-refractivity contribution in [2.45, 2.75) is 13.8 Å². The minimum atomic E-state index is -0.555. The van der Waals surface area contributed by atoms with E-state index in [2.05, 4.69) is 6.58 Å². The van der Waals surface area contributed by atoms with Crippen molar-refractivity contribution in [3.05, 3.63) is 48.1 Å². The van der Waals surface area contributed by atoms with E-state index in [4.69, 9.17) is 14.2 Å². The maximum atomic E-state index is 11.5. The normalized spacial score (nSPS) is 10.2. The van der Waals surface area contributed by atoms with Crippen LogP contribution in [-0.4, -0.2) is 31.1 Å². The van der Waals surface area contributed by atoms with Crippen LogP contribution in [0.25, 0.3) is 6.08 Å². The molecule has 1 aromatic carbocycles. The zero-order valence-electron chi connectivity index (χ0n) is 13.0. The monoisotopic (exact) mass is 318 g/mol. The molecule has 0 saturated carbocycles. The lowest BCUT2D eigenvalue weighted by Gasteiger charge is -2.04. The summed E-state index contributed by atoms with van der Waals surface area (Å²) in [6.45, 7) is 6.22. The number of benzene rings is 1. The van der Waals surface area contributed by atoms with Crippen LogP contribution in [0.1, 0.15) is 19.4 Å². The lowest BCUT2D eigenvalue weighted by atomic mass is 10.2. The van der Waals surface area contributed by atoms with Crippen LogP contribution in [0.15, 0.2) is 42.5 Å². The van der Waals surface area contributed by atoms with E-state index in [1.807, 2.05) is 0 Å². The van der Waals surface area contributed by atoms with Crippen molar-refractivity contribution >= 4 is 24.0 Å². The van der Waals surface area contributed by atoms with Gasteiger partial charge in [-0.3, -0.25) is 4.79 Å². The minimum Gasteiger partial charge on any atom is -0.459 e. The largest absolute Gasteiger partial charge is 0.459 e. The lowest BCUT2D eigenvalue weighted by molar-refractivity contribution is -0.146. The van der Waals surface area contributed by atoms with E-state index < -0.39 is 17.9 Å². The molecule has 0 amide bonds. The first-order valence-electron chi connectivity index (χ1n) is 6.84. The number of rotatable bonds is 7. The molecule has 6 nitrogen and oxygen atoms in total. The Kier molecular flexibility index (Phi) is 7.26. The molecule has 0 radical (unpaired) electrons. The van der Waals surface area contributed by atoms with E-state index in [1.54, 1.807) is 30.3 Å². The van der Waals surface area contributed by atoms with Gasteiger partial charge in [0.05, 0.1) is 0 Å². The Morgan fingerprint density at radius 3 is 2.22 bits per heavy atom. The summed E-state index contributed by atoms with van der Waals surface area (Å²) in [5.41, 5.74) is 1.03. The van der Waals surface area contributed by atoms with E-state index in [9.17, 15) is 14.4 Å². The maximum Gasteiger partial charge on any atom is 0.333 e. The third kappa shape index (κ3) is 7.61. The van der Waals surface area contributed by atoms with E-state index in [0.29, 0.717) is 5.75 Å². The molecular weight excluding hydrogens is 300 g/mol. The van der Waals surface area contributed by atoms with Gasteiger partial charge in [0, 0.05) is 18.6 Å². The average Bonchev–Trinajstić information content (AvgIpc) is 2.50. The van der Waals surface area contributed by atoms with Gasteiger partial charge in [0.25, 0.3) is 0 Å². The van der Waals surface area contributed by atoms with Gasteiger partial charge in [0.1, 0.15) is 19.0 Å². The highest BCUT2D eigenvalue weighted by molar-refractivity contribution is 5.87. The van der Waals surface area contributed by atoms with Crippen molar-refractivity contribution in [3.63, 3.8) is 0 Å². The molecule has 0 heterocycles. The van der Waals surface area contributed by atoms with E-state index in [1.165, 1.54) is 19.9 Å². The Balaban J connectivity index is 2.36. The second kappa shape index (κ2) is 9.19. The fourth-order valence-electron chi connectivity index (χ4n) is 1.43. The molecule has 0 unspecified atom stereocenters. The van der Waals surface area contributed by atoms with Crippen LogP contribution < -0.4 is 4.74 Å². The smallest absolute Gasteiger partial charge is 0.333 e. The number of carbonyl (C=O) groups excluding carboxylic acids is 3. The molecule has 23 heavy (non-hydrogen) atoms. The molecule has 0 aliphatic heterocycles. The topological polar surface area (TPSA) is 78.9 Å². The molecule has 0 aliphatic rings. The molecule has 0 saturated heterocycles. The highest BCUT2D eigenvalue weighted by atomic mass is 16.6. The first-order valence-corrected chi connectivity index (χ1v) is 6.84. The molecule has 0 atom stereocenters. The number of esters is 3. The average molecular weight is 318 g/mol. The molecule has 1 aromatic rings. The second-order valence-electron chi connectivity index (χ2n) is 4.58. The molecule has 0 spiro atoms. The van der Waals surface area contributed by atoms with Crippen LogP contribution in [0.4, 0.5) is 0 Å². The molecule has 0 bridgehead atoms. The zero-order valence-corrected chi connectivity index (χ0v) is 13.0. The van der Waals surface area contributed by atoms with Gasteiger partial charge in [-0.05, 0) is 30.7 Å². The fraction of sp³-hybridized carbons (Fsp3) is 0.235. The first kappa shape index (κ1) is 18.2. The Morgan fingerprint density at radius 2 is 1.65 bits per heavy atom. The summed E-state index contributed by atoms with van der Waals surface area (Å²) < 4.78 is 14.5. The second-order valence-corrected chi connectivity index (χ2v) is 4.58. The summed E-state index contributed by atoms with van der Waals surface area (Å²) in [6, 6.07) is 6.61. The third-order valence-electron chi connectivity index (χ3n) is 2.46. The quantitative estimate of drug-likeness (QED) is 0.332. The zero-order chi connectivity index (χ0) is 17.2. The molecule has 122 valence electrons. The Hall–Kier alpha value is -2.89. The molecule has 6 heteroatoms. The van der Waals surface area contributed by atoms with Crippen LogP contribution in [-0.2, 0) is 23.9 Å². The standard InChI is InChI=1S/C17H18O6/c1-12(2)17(20)22-11-10-21-16(19)9-6-14-4-7-15(8-5-14)23-13(3)18/h4-9H,1,10-11H2,2-3H3/b9-6+. The van der Waals surface area contributed by atoms with Crippen molar-refractivity contribution in [2.24, 2.45) is 0 Å². The van der Waals surface area contributed by atoms with Crippen LogP contribution in [0.5, 0.6) is 5.75 Å². The molecule has 0 aromatic heterocycles. The molecule has 0 fully saturated rings. The van der Waals surface area contributed by atoms with Crippen LogP contribution in [0.3, 0.4) is 0 Å². The number of hydrogen-bond acceptors (Lipinski definition) is 6. The van der Waals surface area contributed by atoms with Crippen molar-refractivity contribution in [1.29, 1.82) is 0 Å². The van der Waals surface area contributed by atoms with Crippen molar-refractivity contribution in [3.8, 4) is 5.75 Å². The first-order chi connectivity index (χ1) is 10.9. The van der Waals surface area contributed by atoms with Gasteiger partial charge in [-0.1, -0.05) is 18.7 Å². The summed E-state index contributed by atoms with van der Waals surface area (Å²) >= 11 is 0. The van der Waals surface area contributed by atoms with Crippen LogP contribution in [0.2, 0.25) is 0 Å². The molecule has 0 N–H and O–H groups in total. The van der Waals surface area contributed by atoms with Gasteiger partial charge in [-0.15, -0.1) is 0 Å². The van der Waals surface area contributed by atoms with Gasteiger partial charge in [0.15, 0.2) is 0 Å². The van der Waals surface area contributed by atoms with Gasteiger partial charge >= 0.3 is 17.9 Å². The van der Waals surface area contributed by atoms with E-state index in [-0.39, 0.29) is 18.8 Å². The summed E-state index contributed by atoms with van der Waals surface area (Å²) in [4.78, 5) is 33.3. The highest BCUT2D eigenvalue weighted by Gasteiger charge is 2.03. The van der Waals surface area contributed by atoms with Crippen LogP contribution >= 0.6 is 0 Å². The molecule has 0 aliphatic carbocycles. The predicted molar refractivity (Wildman–Crippen MR) is 83.5 cm³/mol. The molecular formula is C17H18O6.